The van der Waals surface area contributed by atoms with Crippen LogP contribution in [-0.2, 0) is 14.3 Å². The third-order valence-electron chi connectivity index (χ3n) is 1.74. The fourth-order valence-electron chi connectivity index (χ4n) is 0.889. The first-order chi connectivity index (χ1) is 5.74. The zero-order valence-electron chi connectivity index (χ0n) is 6.66. The molecule has 0 spiro atoms. The molecule has 1 saturated heterocycles. The van der Waals surface area contributed by atoms with Gasteiger partial charge in [0.15, 0.2) is 0 Å². The van der Waals surface area contributed by atoms with E-state index in [1.165, 1.54) is 0 Å². The van der Waals surface area contributed by atoms with Gasteiger partial charge in [-0.3, -0.25) is 0 Å². The van der Waals surface area contributed by atoms with Crippen LogP contribution in [-0.4, -0.2) is 25.5 Å². The number of hydrogen-bond acceptors (Lipinski definition) is 3. The number of carbonyl (C=O) groups excluding carboxylic acids is 1. The second-order valence-electron chi connectivity index (χ2n) is 2.60. The fourth-order valence-corrected chi connectivity index (χ4v) is 0.889. The maximum absolute atomic E-state index is 12.4. The largest absolute Gasteiger partial charge is 0.463 e. The quantitative estimate of drug-likeness (QED) is 0.472. The summed E-state index contributed by atoms with van der Waals surface area (Å²) in [7, 11) is 0. The molecule has 0 amide bonds. The Hall–Kier alpha value is -0.900. The summed E-state index contributed by atoms with van der Waals surface area (Å²) >= 11 is 0. The maximum Gasteiger partial charge on any atom is 0.330 e. The lowest BCUT2D eigenvalue weighted by atomic mass is 10.0. The van der Waals surface area contributed by atoms with Crippen LogP contribution in [0.25, 0.3) is 0 Å². The average molecular weight is 174 g/mol. The van der Waals surface area contributed by atoms with Crippen molar-refractivity contribution in [3.05, 3.63) is 12.7 Å². The Morgan fingerprint density at radius 3 is 3.00 bits per heavy atom. The van der Waals surface area contributed by atoms with Crippen molar-refractivity contribution in [1.82, 2.24) is 0 Å². The number of rotatable bonds is 4. The van der Waals surface area contributed by atoms with Crippen molar-refractivity contribution in [1.29, 1.82) is 0 Å². The Labute approximate surface area is 70.2 Å². The molecule has 0 aromatic rings. The molecule has 3 nitrogen and oxygen atoms in total. The van der Waals surface area contributed by atoms with Gasteiger partial charge in [-0.1, -0.05) is 6.58 Å². The maximum atomic E-state index is 12.4. The first-order valence-corrected chi connectivity index (χ1v) is 3.79. The van der Waals surface area contributed by atoms with E-state index in [0.29, 0.717) is 13.0 Å². The van der Waals surface area contributed by atoms with E-state index in [2.05, 4.69) is 16.1 Å². The lowest BCUT2D eigenvalue weighted by Crippen LogP contribution is -2.36. The Kier molecular flexibility index (Phi) is 3.22. The first kappa shape index (κ1) is 9.19. The number of carbonyl (C=O) groups is 1. The standard InChI is InChI=1S/C8H11FO3/c1-2-7(10)11-4-3-6-5-12-8(6)9/h2,6,8H,1,3-5H2. The SMILES string of the molecule is C=CC(=O)OCCC1COC1F. The van der Waals surface area contributed by atoms with Gasteiger partial charge in [0.05, 0.1) is 13.2 Å². The molecule has 0 bridgehead atoms. The van der Waals surface area contributed by atoms with Crippen LogP contribution in [0.2, 0.25) is 0 Å². The first-order valence-electron chi connectivity index (χ1n) is 3.79. The van der Waals surface area contributed by atoms with Crippen molar-refractivity contribution in [2.45, 2.75) is 12.8 Å². The van der Waals surface area contributed by atoms with E-state index < -0.39 is 12.3 Å². The predicted molar refractivity (Wildman–Crippen MR) is 40.1 cm³/mol. The van der Waals surface area contributed by atoms with Gasteiger partial charge in [0, 0.05) is 12.0 Å². The zero-order valence-corrected chi connectivity index (χ0v) is 6.66. The summed E-state index contributed by atoms with van der Waals surface area (Å²) in [6, 6.07) is 0. The van der Waals surface area contributed by atoms with Gasteiger partial charge in [0.25, 0.3) is 0 Å². The van der Waals surface area contributed by atoms with Crippen LogP contribution in [0.5, 0.6) is 0 Å². The van der Waals surface area contributed by atoms with Crippen molar-refractivity contribution < 1.29 is 18.7 Å². The van der Waals surface area contributed by atoms with E-state index in [-0.39, 0.29) is 12.5 Å². The topological polar surface area (TPSA) is 35.5 Å². The minimum Gasteiger partial charge on any atom is -0.463 e. The van der Waals surface area contributed by atoms with Gasteiger partial charge < -0.3 is 9.47 Å². The molecule has 12 heavy (non-hydrogen) atoms. The number of alkyl halides is 1. The second-order valence-corrected chi connectivity index (χ2v) is 2.60. The van der Waals surface area contributed by atoms with Crippen LogP contribution in [0.4, 0.5) is 4.39 Å². The van der Waals surface area contributed by atoms with E-state index in [0.717, 1.165) is 6.08 Å². The number of hydrogen-bond donors (Lipinski definition) is 0. The summed E-state index contributed by atoms with van der Waals surface area (Å²) in [5, 5.41) is 0. The Balaban J connectivity index is 2.02. The predicted octanol–water partition coefficient (Wildman–Crippen LogP) is 1.05. The van der Waals surface area contributed by atoms with Crippen molar-refractivity contribution in [2.24, 2.45) is 5.92 Å². The molecule has 0 aromatic carbocycles. The van der Waals surface area contributed by atoms with E-state index in [9.17, 15) is 9.18 Å². The molecule has 0 aliphatic carbocycles. The smallest absolute Gasteiger partial charge is 0.330 e. The van der Waals surface area contributed by atoms with Crippen LogP contribution in [0.15, 0.2) is 12.7 Å². The van der Waals surface area contributed by atoms with Gasteiger partial charge in [-0.05, 0) is 6.42 Å². The second kappa shape index (κ2) is 4.21. The van der Waals surface area contributed by atoms with Crippen LogP contribution < -0.4 is 0 Å². The van der Waals surface area contributed by atoms with E-state index >= 15 is 0 Å². The van der Waals surface area contributed by atoms with Crippen LogP contribution in [0.1, 0.15) is 6.42 Å². The minimum absolute atomic E-state index is 0.109. The molecule has 1 fully saturated rings. The molecule has 4 heteroatoms. The summed E-state index contributed by atoms with van der Waals surface area (Å²) < 4.78 is 21.6. The van der Waals surface area contributed by atoms with Crippen molar-refractivity contribution >= 4 is 5.97 Å². The third kappa shape index (κ3) is 2.30. The average Bonchev–Trinajstić information content (AvgIpc) is 2.09. The van der Waals surface area contributed by atoms with Gasteiger partial charge in [-0.2, -0.15) is 0 Å². The van der Waals surface area contributed by atoms with Crippen molar-refractivity contribution in [3.63, 3.8) is 0 Å². The van der Waals surface area contributed by atoms with E-state index in [4.69, 9.17) is 0 Å². The zero-order chi connectivity index (χ0) is 8.97. The van der Waals surface area contributed by atoms with Crippen molar-refractivity contribution in [2.75, 3.05) is 13.2 Å². The van der Waals surface area contributed by atoms with Crippen LogP contribution in [0, 0.1) is 5.92 Å². The molecule has 1 aliphatic rings. The number of ether oxygens (including phenoxy) is 2. The molecular weight excluding hydrogens is 163 g/mol. The third-order valence-corrected chi connectivity index (χ3v) is 1.74. The highest BCUT2D eigenvalue weighted by Crippen LogP contribution is 2.24. The lowest BCUT2D eigenvalue weighted by molar-refractivity contribution is -0.193. The molecular formula is C8H11FO3. The highest BCUT2D eigenvalue weighted by Gasteiger charge is 2.31. The van der Waals surface area contributed by atoms with Crippen molar-refractivity contribution in [3.8, 4) is 0 Å². The molecule has 2 atom stereocenters. The summed E-state index contributed by atoms with van der Waals surface area (Å²) in [6.45, 7) is 3.89. The molecule has 0 saturated carbocycles. The summed E-state index contributed by atoms with van der Waals surface area (Å²) in [5.74, 6) is -0.576. The molecule has 0 radical (unpaired) electrons. The van der Waals surface area contributed by atoms with Gasteiger partial charge in [0.1, 0.15) is 0 Å². The monoisotopic (exact) mass is 174 g/mol. The van der Waals surface area contributed by atoms with E-state index in [1.54, 1.807) is 0 Å². The summed E-state index contributed by atoms with van der Waals surface area (Å²) in [6.07, 6.45) is 0.428. The molecule has 2 unspecified atom stereocenters. The molecule has 1 heterocycles. The molecule has 0 aromatic heterocycles. The van der Waals surface area contributed by atoms with Gasteiger partial charge >= 0.3 is 5.97 Å². The number of esters is 1. The Morgan fingerprint density at radius 1 is 1.83 bits per heavy atom. The molecule has 68 valence electrons. The van der Waals surface area contributed by atoms with E-state index in [1.807, 2.05) is 0 Å². The van der Waals surface area contributed by atoms with Gasteiger partial charge in [0.2, 0.25) is 6.36 Å². The highest BCUT2D eigenvalue weighted by atomic mass is 19.1. The molecule has 1 aliphatic heterocycles. The summed E-state index contributed by atoms with van der Waals surface area (Å²) in [5.41, 5.74) is 0. The van der Waals surface area contributed by atoms with Gasteiger partial charge in [-0.25, -0.2) is 9.18 Å². The molecule has 1 rings (SSSR count). The minimum atomic E-state index is -1.17. The van der Waals surface area contributed by atoms with Crippen LogP contribution >= 0.6 is 0 Å². The Bertz CT molecular complexity index is 181. The summed E-state index contributed by atoms with van der Waals surface area (Å²) in [4.78, 5) is 10.5. The fraction of sp³-hybridized carbons (Fsp3) is 0.625. The Morgan fingerprint density at radius 2 is 2.58 bits per heavy atom. The lowest BCUT2D eigenvalue weighted by Gasteiger charge is -2.30. The van der Waals surface area contributed by atoms with Crippen LogP contribution in [0.3, 0.4) is 0 Å². The normalized spacial score (nSPS) is 27.4. The highest BCUT2D eigenvalue weighted by molar-refractivity contribution is 5.81. The molecule has 0 N–H and O–H groups in total. The number of halogens is 1. The van der Waals surface area contributed by atoms with Gasteiger partial charge in [-0.15, -0.1) is 0 Å².